The number of aromatic amines is 1. The molecule has 2 heterocycles. The van der Waals surface area contributed by atoms with E-state index in [1.54, 1.807) is 0 Å². The number of nitrogens with zero attached hydrogens (tertiary/aromatic N) is 2. The van der Waals surface area contributed by atoms with Crippen LogP contribution >= 0.6 is 7.92 Å². The third-order valence-corrected chi connectivity index (χ3v) is 5.41. The number of hydrogen-bond donors (Lipinski definition) is 3. The molecule has 0 atom stereocenters. The smallest absolute Gasteiger partial charge is 0.223 e. The second-order valence-electron chi connectivity index (χ2n) is 5.87. The Labute approximate surface area is 143 Å². The van der Waals surface area contributed by atoms with Gasteiger partial charge in [0, 0.05) is 29.9 Å². The molecule has 126 valence electrons. The molecule has 1 aromatic carbocycles. The zero-order valence-electron chi connectivity index (χ0n) is 14.3. The lowest BCUT2D eigenvalue weighted by atomic mass is 10.0. The molecule has 0 aliphatic heterocycles. The fourth-order valence-corrected chi connectivity index (χ4v) is 3.87. The second kappa shape index (κ2) is 7.29. The van der Waals surface area contributed by atoms with E-state index in [1.165, 1.54) is 16.2 Å². The minimum absolute atomic E-state index is 0.0568. The van der Waals surface area contributed by atoms with Gasteiger partial charge in [0.1, 0.15) is 0 Å². The van der Waals surface area contributed by atoms with E-state index >= 15 is 0 Å². The van der Waals surface area contributed by atoms with Gasteiger partial charge in [-0.2, -0.15) is 0 Å². The predicted molar refractivity (Wildman–Crippen MR) is 103 cm³/mol. The van der Waals surface area contributed by atoms with E-state index in [2.05, 4.69) is 53.7 Å². The Kier molecular flexibility index (Phi) is 5.12. The van der Waals surface area contributed by atoms with Gasteiger partial charge in [-0.15, -0.1) is 0 Å². The Morgan fingerprint density at radius 3 is 2.83 bits per heavy atom. The van der Waals surface area contributed by atoms with Crippen LogP contribution in [0.15, 0.2) is 30.6 Å². The summed E-state index contributed by atoms with van der Waals surface area (Å²) in [6, 6.07) is 6.46. The van der Waals surface area contributed by atoms with Crippen molar-refractivity contribution >= 4 is 30.1 Å². The van der Waals surface area contributed by atoms with Crippen LogP contribution in [-0.4, -0.2) is 46.5 Å². The molecule has 6 heteroatoms. The van der Waals surface area contributed by atoms with Crippen molar-refractivity contribution in [3.63, 3.8) is 0 Å². The SMILES string of the molecule is CCc1cnc(NCCO)nc1-c1c[nH]c2c(P(C)C)cccc12. The van der Waals surface area contributed by atoms with Crippen LogP contribution in [0, 0.1) is 0 Å². The van der Waals surface area contributed by atoms with Crippen LogP contribution in [0.25, 0.3) is 22.2 Å². The van der Waals surface area contributed by atoms with Gasteiger partial charge < -0.3 is 15.4 Å². The molecular weight excluding hydrogens is 319 g/mol. The topological polar surface area (TPSA) is 73.8 Å². The average molecular weight is 342 g/mol. The van der Waals surface area contributed by atoms with Gasteiger partial charge in [0.25, 0.3) is 0 Å². The lowest BCUT2D eigenvalue weighted by Gasteiger charge is -2.10. The van der Waals surface area contributed by atoms with Crippen LogP contribution < -0.4 is 10.6 Å². The summed E-state index contributed by atoms with van der Waals surface area (Å²) in [6.45, 7) is 7.15. The quantitative estimate of drug-likeness (QED) is 0.602. The number of para-hydroxylation sites is 1. The van der Waals surface area contributed by atoms with Crippen molar-refractivity contribution in [3.05, 3.63) is 36.2 Å². The highest BCUT2D eigenvalue weighted by atomic mass is 31.1. The first-order valence-electron chi connectivity index (χ1n) is 8.14. The lowest BCUT2D eigenvalue weighted by molar-refractivity contribution is 0.311. The summed E-state index contributed by atoms with van der Waals surface area (Å²) in [4.78, 5) is 12.5. The Hall–Kier alpha value is -1.97. The van der Waals surface area contributed by atoms with Gasteiger partial charge in [-0.1, -0.05) is 33.0 Å². The highest BCUT2D eigenvalue weighted by molar-refractivity contribution is 7.64. The third-order valence-electron chi connectivity index (χ3n) is 4.07. The van der Waals surface area contributed by atoms with Crippen LogP contribution in [-0.2, 0) is 6.42 Å². The van der Waals surface area contributed by atoms with E-state index in [-0.39, 0.29) is 14.5 Å². The summed E-state index contributed by atoms with van der Waals surface area (Å²) >= 11 is 0. The molecular formula is C18H23N4OP. The molecule has 0 saturated carbocycles. The number of hydrogen-bond acceptors (Lipinski definition) is 4. The zero-order valence-corrected chi connectivity index (χ0v) is 15.2. The first-order valence-corrected chi connectivity index (χ1v) is 10.4. The number of nitrogens with one attached hydrogen (secondary N) is 2. The summed E-state index contributed by atoms with van der Waals surface area (Å²) < 4.78 is 0. The minimum Gasteiger partial charge on any atom is -0.395 e. The van der Waals surface area contributed by atoms with Crippen molar-refractivity contribution in [1.82, 2.24) is 15.0 Å². The molecule has 24 heavy (non-hydrogen) atoms. The molecule has 0 bridgehead atoms. The minimum atomic E-state index is -0.181. The third kappa shape index (κ3) is 3.14. The van der Waals surface area contributed by atoms with E-state index in [0.29, 0.717) is 12.5 Å². The molecule has 0 spiro atoms. The number of fused-ring (bicyclic) bond motifs is 1. The largest absolute Gasteiger partial charge is 0.395 e. The van der Waals surface area contributed by atoms with E-state index in [9.17, 15) is 0 Å². The molecule has 3 rings (SSSR count). The summed E-state index contributed by atoms with van der Waals surface area (Å²) in [5, 5.41) is 14.6. The van der Waals surface area contributed by atoms with Gasteiger partial charge in [0.2, 0.25) is 5.95 Å². The predicted octanol–water partition coefficient (Wildman–Crippen LogP) is 2.96. The van der Waals surface area contributed by atoms with Crippen molar-refractivity contribution in [2.75, 3.05) is 31.8 Å². The summed E-state index contributed by atoms with van der Waals surface area (Å²) in [7, 11) is -0.181. The van der Waals surface area contributed by atoms with Crippen LogP contribution in [0.2, 0.25) is 0 Å². The maximum absolute atomic E-state index is 8.98. The highest BCUT2D eigenvalue weighted by Gasteiger charge is 2.15. The number of aromatic nitrogens is 3. The Bertz CT molecular complexity index is 844. The maximum Gasteiger partial charge on any atom is 0.223 e. The molecule has 0 unspecified atom stereocenters. The molecule has 0 aliphatic carbocycles. The second-order valence-corrected chi connectivity index (χ2v) is 8.14. The van der Waals surface area contributed by atoms with Crippen LogP contribution in [0.4, 0.5) is 5.95 Å². The van der Waals surface area contributed by atoms with Gasteiger partial charge in [-0.3, -0.25) is 0 Å². The number of aliphatic hydroxyl groups excluding tert-OH is 1. The Morgan fingerprint density at radius 2 is 2.12 bits per heavy atom. The highest BCUT2D eigenvalue weighted by Crippen LogP contribution is 2.34. The van der Waals surface area contributed by atoms with Crippen LogP contribution in [0.1, 0.15) is 12.5 Å². The van der Waals surface area contributed by atoms with Crippen molar-refractivity contribution in [3.8, 4) is 11.3 Å². The lowest BCUT2D eigenvalue weighted by Crippen LogP contribution is -2.09. The molecule has 0 saturated heterocycles. The van der Waals surface area contributed by atoms with Crippen molar-refractivity contribution in [1.29, 1.82) is 0 Å². The van der Waals surface area contributed by atoms with E-state index < -0.39 is 0 Å². The van der Waals surface area contributed by atoms with Crippen LogP contribution in [0.5, 0.6) is 0 Å². The molecule has 2 aromatic heterocycles. The van der Waals surface area contributed by atoms with E-state index in [0.717, 1.165) is 23.2 Å². The van der Waals surface area contributed by atoms with E-state index in [4.69, 9.17) is 10.1 Å². The first kappa shape index (κ1) is 16.9. The van der Waals surface area contributed by atoms with Gasteiger partial charge >= 0.3 is 0 Å². The van der Waals surface area contributed by atoms with Gasteiger partial charge in [0.05, 0.1) is 17.8 Å². The molecule has 3 N–H and O–H groups in total. The summed E-state index contributed by atoms with van der Waals surface area (Å²) in [6.07, 6.45) is 4.79. The van der Waals surface area contributed by atoms with Gasteiger partial charge in [-0.25, -0.2) is 9.97 Å². The van der Waals surface area contributed by atoms with Crippen molar-refractivity contribution in [2.24, 2.45) is 0 Å². The fraction of sp³-hybridized carbons (Fsp3) is 0.333. The van der Waals surface area contributed by atoms with Gasteiger partial charge in [-0.05, 0) is 30.6 Å². The molecule has 5 nitrogen and oxygen atoms in total. The molecule has 0 fully saturated rings. The van der Waals surface area contributed by atoms with Gasteiger partial charge in [0.15, 0.2) is 0 Å². The maximum atomic E-state index is 8.98. The summed E-state index contributed by atoms with van der Waals surface area (Å²) in [5.74, 6) is 0.551. The zero-order chi connectivity index (χ0) is 17.1. The molecule has 3 aromatic rings. The number of aliphatic hydroxyl groups is 1. The molecule has 0 amide bonds. The first-order chi connectivity index (χ1) is 11.7. The number of H-pyrrole nitrogens is 1. The Morgan fingerprint density at radius 1 is 1.29 bits per heavy atom. The number of anilines is 1. The summed E-state index contributed by atoms with van der Waals surface area (Å²) in [5.41, 5.74) is 4.38. The molecule has 0 radical (unpaired) electrons. The van der Waals surface area contributed by atoms with Crippen LogP contribution in [0.3, 0.4) is 0 Å². The number of rotatable bonds is 6. The van der Waals surface area contributed by atoms with E-state index in [1.807, 2.05) is 12.4 Å². The standard InChI is InChI=1S/C18H23N4OP/c1-4-12-10-21-18(19-8-9-23)22-16(12)14-11-20-17-13(14)6-5-7-15(17)24(2)3/h5-7,10-11,20,23H,4,8-9H2,1-3H3,(H,19,21,22). The monoisotopic (exact) mass is 342 g/mol. The Balaban J connectivity index is 2.14. The van der Waals surface area contributed by atoms with Crippen molar-refractivity contribution < 1.29 is 5.11 Å². The van der Waals surface area contributed by atoms with Crippen molar-refractivity contribution in [2.45, 2.75) is 13.3 Å². The normalized spacial score (nSPS) is 11.4. The number of benzene rings is 1. The number of aryl methyl sites for hydroxylation is 1. The average Bonchev–Trinajstić information content (AvgIpc) is 3.03. The molecule has 0 aliphatic rings. The fourth-order valence-electron chi connectivity index (χ4n) is 2.86.